The molecule has 0 amide bonds. The maximum absolute atomic E-state index is 4.21. The molecule has 4 nitrogen and oxygen atoms in total. The Labute approximate surface area is 145 Å². The largest absolute Gasteiger partial charge is 0.312 e. The summed E-state index contributed by atoms with van der Waals surface area (Å²) in [4.78, 5) is 2.57. The van der Waals surface area contributed by atoms with Crippen molar-refractivity contribution >= 4 is 0 Å². The fourth-order valence-electron chi connectivity index (χ4n) is 3.49. The van der Waals surface area contributed by atoms with E-state index in [2.05, 4.69) is 65.5 Å². The van der Waals surface area contributed by atoms with Crippen molar-refractivity contribution in [1.82, 2.24) is 20.4 Å². The number of hydrogen-bond acceptors (Lipinski definition) is 3. The Morgan fingerprint density at radius 1 is 1.21 bits per heavy atom. The fourth-order valence-corrected chi connectivity index (χ4v) is 3.49. The van der Waals surface area contributed by atoms with Gasteiger partial charge in [0.25, 0.3) is 0 Å². The number of fused-ring (bicyclic) bond motifs is 1. The smallest absolute Gasteiger partial charge is 0.0535 e. The lowest BCUT2D eigenvalue weighted by atomic mass is 9.89. The minimum atomic E-state index is 0.120. The van der Waals surface area contributed by atoms with Crippen LogP contribution in [0.25, 0.3) is 0 Å². The molecule has 2 aromatic rings. The predicted octanol–water partition coefficient (Wildman–Crippen LogP) is 3.25. The molecule has 2 heterocycles. The summed E-state index contributed by atoms with van der Waals surface area (Å²) < 4.78 is 0. The van der Waals surface area contributed by atoms with Crippen LogP contribution in [0.1, 0.15) is 49.6 Å². The van der Waals surface area contributed by atoms with Gasteiger partial charge in [0, 0.05) is 36.3 Å². The quantitative estimate of drug-likeness (QED) is 0.801. The molecule has 0 aliphatic carbocycles. The third-order valence-electron chi connectivity index (χ3n) is 4.82. The number of rotatable bonds is 6. The summed E-state index contributed by atoms with van der Waals surface area (Å²) in [6.45, 7) is 12.1. The van der Waals surface area contributed by atoms with Gasteiger partial charge in [0.1, 0.15) is 0 Å². The molecule has 4 heteroatoms. The average molecular weight is 326 g/mol. The average Bonchev–Trinajstić information content (AvgIpc) is 3.03. The topological polar surface area (TPSA) is 44.0 Å². The summed E-state index contributed by atoms with van der Waals surface area (Å²) in [6, 6.07) is 8.85. The lowest BCUT2D eigenvalue weighted by Crippen LogP contribution is -2.32. The highest BCUT2D eigenvalue weighted by Crippen LogP contribution is 2.23. The van der Waals surface area contributed by atoms with Gasteiger partial charge in [-0.15, -0.1) is 0 Å². The second-order valence-corrected chi connectivity index (χ2v) is 7.85. The van der Waals surface area contributed by atoms with E-state index in [1.165, 1.54) is 48.3 Å². The van der Waals surface area contributed by atoms with Crippen LogP contribution in [0.2, 0.25) is 0 Å². The number of aromatic amines is 1. The Morgan fingerprint density at radius 3 is 2.79 bits per heavy atom. The molecule has 0 radical (unpaired) electrons. The molecular formula is C20H30N4. The van der Waals surface area contributed by atoms with E-state index in [0.717, 1.165) is 19.6 Å². The van der Waals surface area contributed by atoms with Crippen molar-refractivity contribution in [1.29, 1.82) is 0 Å². The summed E-state index contributed by atoms with van der Waals surface area (Å²) >= 11 is 0. The highest BCUT2D eigenvalue weighted by molar-refractivity contribution is 5.29. The first kappa shape index (κ1) is 17.2. The van der Waals surface area contributed by atoms with Crippen molar-refractivity contribution in [2.24, 2.45) is 0 Å². The normalized spacial score (nSPS) is 15.5. The van der Waals surface area contributed by atoms with Crippen LogP contribution in [-0.4, -0.2) is 34.7 Å². The summed E-state index contributed by atoms with van der Waals surface area (Å²) in [7, 11) is 0. The number of H-pyrrole nitrogens is 1. The predicted molar refractivity (Wildman–Crippen MR) is 99.0 cm³/mol. The summed E-state index contributed by atoms with van der Waals surface area (Å²) in [5.74, 6) is 0. The monoisotopic (exact) mass is 326 g/mol. The van der Waals surface area contributed by atoms with Crippen LogP contribution < -0.4 is 5.32 Å². The van der Waals surface area contributed by atoms with E-state index in [9.17, 15) is 0 Å². The lowest BCUT2D eigenvalue weighted by molar-refractivity contribution is 0.250. The number of hydrogen-bond donors (Lipinski definition) is 2. The molecule has 2 N–H and O–H groups in total. The number of benzene rings is 1. The van der Waals surface area contributed by atoms with Crippen LogP contribution in [0.15, 0.2) is 30.5 Å². The van der Waals surface area contributed by atoms with E-state index in [1.54, 1.807) is 0 Å². The van der Waals surface area contributed by atoms with Crippen molar-refractivity contribution in [3.8, 4) is 0 Å². The Kier molecular flexibility index (Phi) is 5.36. The van der Waals surface area contributed by atoms with E-state index in [0.29, 0.717) is 0 Å². The zero-order chi connectivity index (χ0) is 17.0. The van der Waals surface area contributed by atoms with Gasteiger partial charge in [-0.25, -0.2) is 0 Å². The molecule has 1 aromatic heterocycles. The van der Waals surface area contributed by atoms with Gasteiger partial charge in [-0.2, -0.15) is 5.10 Å². The zero-order valence-electron chi connectivity index (χ0n) is 15.2. The molecule has 1 aliphatic heterocycles. The summed E-state index contributed by atoms with van der Waals surface area (Å²) in [6.07, 6.45) is 4.33. The van der Waals surface area contributed by atoms with Crippen LogP contribution in [0.4, 0.5) is 0 Å². The Bertz CT molecular complexity index is 654. The summed E-state index contributed by atoms with van der Waals surface area (Å²) in [5.41, 5.74) is 5.68. The highest BCUT2D eigenvalue weighted by Gasteiger charge is 2.19. The Morgan fingerprint density at radius 2 is 2.00 bits per heavy atom. The lowest BCUT2D eigenvalue weighted by Gasteiger charge is -2.28. The fraction of sp³-hybridized carbons (Fsp3) is 0.550. The van der Waals surface area contributed by atoms with Gasteiger partial charge in [0.15, 0.2) is 0 Å². The van der Waals surface area contributed by atoms with E-state index < -0.39 is 0 Å². The van der Waals surface area contributed by atoms with Crippen LogP contribution in [0.3, 0.4) is 0 Å². The van der Waals surface area contributed by atoms with E-state index >= 15 is 0 Å². The van der Waals surface area contributed by atoms with Crippen molar-refractivity contribution in [3.63, 3.8) is 0 Å². The second-order valence-electron chi connectivity index (χ2n) is 7.85. The maximum atomic E-state index is 4.21. The molecule has 0 unspecified atom stereocenters. The van der Waals surface area contributed by atoms with Gasteiger partial charge in [-0.1, -0.05) is 45.0 Å². The van der Waals surface area contributed by atoms with Crippen molar-refractivity contribution in [2.45, 2.75) is 52.1 Å². The first-order chi connectivity index (χ1) is 11.5. The molecule has 0 fully saturated rings. The van der Waals surface area contributed by atoms with Gasteiger partial charge in [0.05, 0.1) is 6.20 Å². The van der Waals surface area contributed by atoms with Crippen LogP contribution in [-0.2, 0) is 24.9 Å². The van der Waals surface area contributed by atoms with Crippen molar-refractivity contribution in [2.75, 3.05) is 19.6 Å². The van der Waals surface area contributed by atoms with Crippen LogP contribution in [0, 0.1) is 0 Å². The zero-order valence-corrected chi connectivity index (χ0v) is 15.2. The van der Waals surface area contributed by atoms with Gasteiger partial charge < -0.3 is 5.32 Å². The maximum Gasteiger partial charge on any atom is 0.0535 e. The first-order valence-electron chi connectivity index (χ1n) is 9.06. The highest BCUT2D eigenvalue weighted by atomic mass is 15.1. The molecule has 130 valence electrons. The minimum Gasteiger partial charge on any atom is -0.312 e. The molecule has 0 bridgehead atoms. The molecule has 24 heavy (non-hydrogen) atoms. The van der Waals surface area contributed by atoms with E-state index in [-0.39, 0.29) is 5.41 Å². The molecular weight excluding hydrogens is 296 g/mol. The standard InChI is InChI=1S/C20H30N4/c1-20(2,3)19-18(14-22-23-19)13-21-10-6-11-24-12-9-16-7-4-5-8-17(16)15-24/h4-5,7-8,14,21H,6,9-13,15H2,1-3H3,(H,22,23). The summed E-state index contributed by atoms with van der Waals surface area (Å²) in [5, 5.41) is 10.9. The van der Waals surface area contributed by atoms with Crippen molar-refractivity contribution < 1.29 is 0 Å². The first-order valence-corrected chi connectivity index (χ1v) is 9.06. The van der Waals surface area contributed by atoms with Gasteiger partial charge >= 0.3 is 0 Å². The number of nitrogens with one attached hydrogen (secondary N) is 2. The molecule has 0 atom stereocenters. The SMILES string of the molecule is CC(C)(C)c1[nH]ncc1CNCCCN1CCc2ccccc2C1. The number of aromatic nitrogens is 2. The Hall–Kier alpha value is -1.65. The van der Waals surface area contributed by atoms with E-state index in [1.807, 2.05) is 6.20 Å². The molecule has 0 spiro atoms. The molecule has 0 saturated heterocycles. The third kappa shape index (κ3) is 4.25. The Balaban J connectivity index is 1.39. The number of nitrogens with zero attached hydrogens (tertiary/aromatic N) is 2. The molecule has 1 aliphatic rings. The molecule has 3 rings (SSSR count). The van der Waals surface area contributed by atoms with E-state index in [4.69, 9.17) is 0 Å². The molecule has 1 aromatic carbocycles. The molecule has 0 saturated carbocycles. The van der Waals surface area contributed by atoms with Gasteiger partial charge in [-0.05, 0) is 37.1 Å². The van der Waals surface area contributed by atoms with Crippen molar-refractivity contribution in [3.05, 3.63) is 52.8 Å². The van der Waals surface area contributed by atoms with Crippen LogP contribution in [0.5, 0.6) is 0 Å². The van der Waals surface area contributed by atoms with Crippen LogP contribution >= 0.6 is 0 Å². The second kappa shape index (κ2) is 7.49. The third-order valence-corrected chi connectivity index (χ3v) is 4.82. The van der Waals surface area contributed by atoms with Gasteiger partial charge in [-0.3, -0.25) is 10.00 Å². The minimum absolute atomic E-state index is 0.120. The van der Waals surface area contributed by atoms with Gasteiger partial charge in [0.2, 0.25) is 0 Å².